The molecule has 1 aliphatic heterocycles. The molecule has 1 heteroatoms. The zero-order valence-electron chi connectivity index (χ0n) is 16.0. The molecule has 2 aliphatic rings. The second-order valence-corrected chi connectivity index (χ2v) is 8.39. The van der Waals surface area contributed by atoms with Crippen LogP contribution in [0.15, 0.2) is 78.9 Å². The summed E-state index contributed by atoms with van der Waals surface area (Å²) in [6, 6.07) is 29.4. The zero-order chi connectivity index (χ0) is 18.2. The molecule has 1 fully saturated rings. The lowest BCUT2D eigenvalue weighted by Crippen LogP contribution is -2.29. The summed E-state index contributed by atoms with van der Waals surface area (Å²) in [5.74, 6) is 2.01. The van der Waals surface area contributed by atoms with Crippen molar-refractivity contribution in [2.24, 2.45) is 11.8 Å². The largest absolute Gasteiger partial charge is 0.298 e. The Hall–Kier alpha value is -2.38. The summed E-state index contributed by atoms with van der Waals surface area (Å²) in [7, 11) is 0. The Morgan fingerprint density at radius 3 is 2.37 bits per heavy atom. The topological polar surface area (TPSA) is 3.24 Å². The van der Waals surface area contributed by atoms with Crippen LogP contribution in [0.1, 0.15) is 33.7 Å². The van der Waals surface area contributed by atoms with Crippen LogP contribution in [0, 0.1) is 18.8 Å². The van der Waals surface area contributed by atoms with Crippen molar-refractivity contribution in [3.63, 3.8) is 0 Å². The molecule has 3 unspecified atom stereocenters. The van der Waals surface area contributed by atoms with Crippen LogP contribution >= 0.6 is 0 Å². The van der Waals surface area contributed by atoms with E-state index in [0.717, 1.165) is 12.5 Å². The summed E-state index contributed by atoms with van der Waals surface area (Å²) in [5, 5.41) is 0. The van der Waals surface area contributed by atoms with Crippen molar-refractivity contribution < 1.29 is 0 Å². The van der Waals surface area contributed by atoms with E-state index in [1.165, 1.54) is 36.2 Å². The molecular weight excluding hydrogens is 326 g/mol. The van der Waals surface area contributed by atoms with Gasteiger partial charge in [0.2, 0.25) is 0 Å². The smallest absolute Gasteiger partial charge is 0.0233 e. The number of fused-ring (bicyclic) bond motifs is 2. The SMILES string of the molecule is Cc1ccc(CN2CC3Cc4ccccc4C(c4ccccc4)C3C2)cc1. The molecule has 0 amide bonds. The van der Waals surface area contributed by atoms with Crippen LogP contribution in [-0.4, -0.2) is 18.0 Å². The monoisotopic (exact) mass is 353 g/mol. The highest BCUT2D eigenvalue weighted by Crippen LogP contribution is 2.47. The molecule has 1 aliphatic carbocycles. The first-order valence-corrected chi connectivity index (χ1v) is 10.2. The van der Waals surface area contributed by atoms with Gasteiger partial charge in [0, 0.05) is 25.6 Å². The number of aryl methyl sites for hydroxylation is 1. The van der Waals surface area contributed by atoms with Gasteiger partial charge in [0.05, 0.1) is 0 Å². The molecule has 0 spiro atoms. The molecule has 0 saturated carbocycles. The molecule has 0 bridgehead atoms. The van der Waals surface area contributed by atoms with Gasteiger partial charge in [0.25, 0.3) is 0 Å². The van der Waals surface area contributed by atoms with Crippen molar-refractivity contribution in [1.29, 1.82) is 0 Å². The average Bonchev–Trinajstić information content (AvgIpc) is 3.10. The van der Waals surface area contributed by atoms with Crippen LogP contribution in [0.25, 0.3) is 0 Å². The first kappa shape index (κ1) is 16.8. The Labute approximate surface area is 162 Å². The fourth-order valence-electron chi connectivity index (χ4n) is 5.29. The van der Waals surface area contributed by atoms with Gasteiger partial charge in [-0.15, -0.1) is 0 Å². The van der Waals surface area contributed by atoms with E-state index in [1.54, 1.807) is 11.1 Å². The third-order valence-corrected chi connectivity index (χ3v) is 6.55. The molecule has 1 saturated heterocycles. The number of hydrogen-bond acceptors (Lipinski definition) is 1. The van der Waals surface area contributed by atoms with E-state index in [0.29, 0.717) is 11.8 Å². The lowest BCUT2D eigenvalue weighted by Gasteiger charge is -2.35. The van der Waals surface area contributed by atoms with Gasteiger partial charge in [0.15, 0.2) is 0 Å². The highest BCUT2D eigenvalue weighted by Gasteiger charge is 2.42. The summed E-state index contributed by atoms with van der Waals surface area (Å²) in [6.45, 7) is 5.66. The van der Waals surface area contributed by atoms with Crippen LogP contribution < -0.4 is 0 Å². The quantitative estimate of drug-likeness (QED) is 0.607. The summed E-state index contributed by atoms with van der Waals surface area (Å²) in [4.78, 5) is 2.68. The Kier molecular flexibility index (Phi) is 4.33. The number of benzene rings is 3. The average molecular weight is 354 g/mol. The number of rotatable bonds is 3. The lowest BCUT2D eigenvalue weighted by molar-refractivity contribution is 0.311. The van der Waals surface area contributed by atoms with Crippen molar-refractivity contribution in [2.45, 2.75) is 25.8 Å². The Balaban J connectivity index is 1.45. The van der Waals surface area contributed by atoms with Gasteiger partial charge in [0.1, 0.15) is 0 Å². The van der Waals surface area contributed by atoms with Gasteiger partial charge in [-0.25, -0.2) is 0 Å². The van der Waals surface area contributed by atoms with Crippen LogP contribution in [-0.2, 0) is 13.0 Å². The third kappa shape index (κ3) is 3.21. The predicted octanol–water partition coefficient (Wildman–Crippen LogP) is 5.43. The zero-order valence-corrected chi connectivity index (χ0v) is 16.0. The van der Waals surface area contributed by atoms with E-state index < -0.39 is 0 Å². The molecule has 0 N–H and O–H groups in total. The molecule has 0 aromatic heterocycles. The van der Waals surface area contributed by atoms with Crippen LogP contribution in [0.2, 0.25) is 0 Å². The van der Waals surface area contributed by atoms with E-state index >= 15 is 0 Å². The van der Waals surface area contributed by atoms with Crippen LogP contribution in [0.3, 0.4) is 0 Å². The van der Waals surface area contributed by atoms with Crippen LogP contribution in [0.4, 0.5) is 0 Å². The lowest BCUT2D eigenvalue weighted by atomic mass is 9.68. The van der Waals surface area contributed by atoms with E-state index in [-0.39, 0.29) is 0 Å². The minimum Gasteiger partial charge on any atom is -0.298 e. The second kappa shape index (κ2) is 6.98. The van der Waals surface area contributed by atoms with Crippen molar-refractivity contribution >= 4 is 0 Å². The highest BCUT2D eigenvalue weighted by atomic mass is 15.2. The van der Waals surface area contributed by atoms with E-state index in [1.807, 2.05) is 0 Å². The Morgan fingerprint density at radius 2 is 1.56 bits per heavy atom. The van der Waals surface area contributed by atoms with Crippen molar-refractivity contribution in [3.8, 4) is 0 Å². The Bertz CT molecular complexity index is 912. The summed E-state index contributed by atoms with van der Waals surface area (Å²) >= 11 is 0. The van der Waals surface area contributed by atoms with Gasteiger partial charge in [-0.05, 0) is 47.4 Å². The summed E-state index contributed by atoms with van der Waals surface area (Å²) in [5.41, 5.74) is 7.38. The maximum Gasteiger partial charge on any atom is 0.0233 e. The van der Waals surface area contributed by atoms with E-state index in [2.05, 4.69) is 90.7 Å². The van der Waals surface area contributed by atoms with E-state index in [4.69, 9.17) is 0 Å². The van der Waals surface area contributed by atoms with Gasteiger partial charge in [-0.1, -0.05) is 84.4 Å². The molecule has 27 heavy (non-hydrogen) atoms. The van der Waals surface area contributed by atoms with Gasteiger partial charge < -0.3 is 0 Å². The molecule has 136 valence electrons. The second-order valence-electron chi connectivity index (χ2n) is 8.39. The number of nitrogens with zero attached hydrogens (tertiary/aromatic N) is 1. The maximum atomic E-state index is 2.68. The predicted molar refractivity (Wildman–Crippen MR) is 112 cm³/mol. The minimum atomic E-state index is 0.532. The Morgan fingerprint density at radius 1 is 0.815 bits per heavy atom. The molecule has 0 radical (unpaired) electrons. The van der Waals surface area contributed by atoms with Crippen molar-refractivity contribution in [3.05, 3.63) is 107 Å². The van der Waals surface area contributed by atoms with E-state index in [9.17, 15) is 0 Å². The molecular formula is C26H27N. The molecule has 3 atom stereocenters. The molecule has 3 aromatic carbocycles. The standard InChI is InChI=1S/C26H27N/c1-19-11-13-20(14-12-19)16-27-17-23-15-22-9-5-6-10-24(22)26(25(23)18-27)21-7-3-2-4-8-21/h2-14,23,25-26H,15-18H2,1H3. The van der Waals surface area contributed by atoms with Crippen molar-refractivity contribution in [1.82, 2.24) is 4.90 Å². The fourth-order valence-corrected chi connectivity index (χ4v) is 5.29. The summed E-state index contributed by atoms with van der Waals surface area (Å²) < 4.78 is 0. The fraction of sp³-hybridized carbons (Fsp3) is 0.308. The third-order valence-electron chi connectivity index (χ3n) is 6.55. The number of hydrogen-bond donors (Lipinski definition) is 0. The minimum absolute atomic E-state index is 0.532. The highest BCUT2D eigenvalue weighted by molar-refractivity contribution is 5.42. The first-order chi connectivity index (χ1) is 13.3. The van der Waals surface area contributed by atoms with Gasteiger partial charge in [-0.3, -0.25) is 4.90 Å². The molecule has 1 heterocycles. The van der Waals surface area contributed by atoms with Crippen LogP contribution in [0.5, 0.6) is 0 Å². The van der Waals surface area contributed by atoms with Crippen molar-refractivity contribution in [2.75, 3.05) is 13.1 Å². The molecule has 3 aromatic rings. The maximum absolute atomic E-state index is 2.68. The molecule has 5 rings (SSSR count). The van der Waals surface area contributed by atoms with Gasteiger partial charge >= 0.3 is 0 Å². The number of likely N-dealkylation sites (tertiary alicyclic amines) is 1. The molecule has 1 nitrogen and oxygen atoms in total. The normalized spacial score (nSPS) is 24.4. The van der Waals surface area contributed by atoms with Gasteiger partial charge in [-0.2, -0.15) is 0 Å². The summed E-state index contributed by atoms with van der Waals surface area (Å²) in [6.07, 6.45) is 1.23. The first-order valence-electron chi connectivity index (χ1n) is 10.2.